The van der Waals surface area contributed by atoms with Crippen LogP contribution in [0.2, 0.25) is 0 Å². The van der Waals surface area contributed by atoms with Crippen molar-refractivity contribution in [3.05, 3.63) is 120 Å². The van der Waals surface area contributed by atoms with Gasteiger partial charge in [0.05, 0.1) is 0 Å². The number of hydrogen-bond donors (Lipinski definition) is 2. The van der Waals surface area contributed by atoms with Gasteiger partial charge in [0.15, 0.2) is 0 Å². The van der Waals surface area contributed by atoms with E-state index in [1.807, 2.05) is 66.7 Å². The van der Waals surface area contributed by atoms with Gasteiger partial charge in [-0.15, -0.1) is 0 Å². The summed E-state index contributed by atoms with van der Waals surface area (Å²) in [6, 6.07) is 34.1. The molecule has 0 aromatic heterocycles. The molecule has 0 fully saturated rings. The van der Waals surface area contributed by atoms with Gasteiger partial charge in [-0.1, -0.05) is 103 Å². The Bertz CT molecular complexity index is 1100. The third-order valence-corrected chi connectivity index (χ3v) is 5.41. The van der Waals surface area contributed by atoms with Gasteiger partial charge >= 0.3 is 0 Å². The van der Waals surface area contributed by atoms with Crippen LogP contribution in [0.1, 0.15) is 35.7 Å². The number of benzene rings is 4. The Morgan fingerprint density at radius 3 is 2.17 bits per heavy atom. The van der Waals surface area contributed by atoms with Crippen LogP contribution in [-0.4, -0.2) is 5.91 Å². The molecule has 0 bridgehead atoms. The summed E-state index contributed by atoms with van der Waals surface area (Å²) < 4.78 is 0. The summed E-state index contributed by atoms with van der Waals surface area (Å²) in [5.74, 6) is -0.0304. The molecule has 0 saturated carbocycles. The quantitative estimate of drug-likeness (QED) is 0.432. The average molecular weight is 395 g/mol. The van der Waals surface area contributed by atoms with Gasteiger partial charge in [-0.2, -0.15) is 0 Å². The fraction of sp³-hybridized carbons (Fsp3) is 0.148. The molecule has 1 amide bonds. The SMILES string of the molecule is C[C@@H](NC(C(=O)NCc1ccccc1)c1ccccc1)c1cccc2ccccc12. The van der Waals surface area contributed by atoms with Crippen LogP contribution in [0.3, 0.4) is 0 Å². The van der Waals surface area contributed by atoms with Gasteiger partial charge in [-0.3, -0.25) is 10.1 Å². The van der Waals surface area contributed by atoms with Crippen LogP contribution in [0, 0.1) is 0 Å². The minimum atomic E-state index is -0.441. The van der Waals surface area contributed by atoms with Crippen molar-refractivity contribution in [1.82, 2.24) is 10.6 Å². The van der Waals surface area contributed by atoms with Crippen molar-refractivity contribution >= 4 is 16.7 Å². The number of nitrogens with one attached hydrogen (secondary N) is 2. The highest BCUT2D eigenvalue weighted by Gasteiger charge is 2.23. The summed E-state index contributed by atoms with van der Waals surface area (Å²) in [5, 5.41) is 9.06. The summed E-state index contributed by atoms with van der Waals surface area (Å²) >= 11 is 0. The molecule has 4 aromatic carbocycles. The molecule has 0 saturated heterocycles. The second kappa shape index (κ2) is 9.38. The van der Waals surface area contributed by atoms with Crippen molar-refractivity contribution in [1.29, 1.82) is 0 Å². The molecule has 4 aromatic rings. The molecule has 4 rings (SSSR count). The van der Waals surface area contributed by atoms with Crippen molar-refractivity contribution in [3.8, 4) is 0 Å². The summed E-state index contributed by atoms with van der Waals surface area (Å²) in [7, 11) is 0. The lowest BCUT2D eigenvalue weighted by molar-refractivity contribution is -0.123. The van der Waals surface area contributed by atoms with Crippen LogP contribution in [0.5, 0.6) is 0 Å². The Balaban J connectivity index is 1.57. The zero-order valence-corrected chi connectivity index (χ0v) is 17.1. The highest BCUT2D eigenvalue weighted by molar-refractivity contribution is 5.86. The van der Waals surface area contributed by atoms with Crippen molar-refractivity contribution in [2.24, 2.45) is 0 Å². The maximum atomic E-state index is 13.2. The highest BCUT2D eigenvalue weighted by atomic mass is 16.2. The second-order valence-corrected chi connectivity index (χ2v) is 7.50. The average Bonchev–Trinajstić information content (AvgIpc) is 2.81. The number of fused-ring (bicyclic) bond motifs is 1. The lowest BCUT2D eigenvalue weighted by atomic mass is 9.97. The van der Waals surface area contributed by atoms with Crippen LogP contribution >= 0.6 is 0 Å². The number of hydrogen-bond acceptors (Lipinski definition) is 2. The molecule has 0 radical (unpaired) electrons. The summed E-state index contributed by atoms with van der Waals surface area (Å²) in [5.41, 5.74) is 3.22. The molecular weight excluding hydrogens is 368 g/mol. The number of amides is 1. The van der Waals surface area contributed by atoms with E-state index in [4.69, 9.17) is 0 Å². The standard InChI is InChI=1S/C27H26N2O/c1-20(24-18-10-16-22-13-8-9-17-25(22)24)29-26(23-14-6-3-7-15-23)27(30)28-19-21-11-4-2-5-12-21/h2-18,20,26,29H,19H2,1H3,(H,28,30)/t20-,26?/m1/s1. The smallest absolute Gasteiger partial charge is 0.242 e. The molecule has 3 heteroatoms. The first kappa shape index (κ1) is 19.9. The minimum absolute atomic E-state index is 0.00350. The molecule has 0 spiro atoms. The summed E-state index contributed by atoms with van der Waals surface area (Å²) in [4.78, 5) is 13.2. The Morgan fingerprint density at radius 1 is 0.767 bits per heavy atom. The zero-order chi connectivity index (χ0) is 20.8. The van der Waals surface area contributed by atoms with Crippen LogP contribution in [0.15, 0.2) is 103 Å². The van der Waals surface area contributed by atoms with E-state index in [1.165, 1.54) is 16.3 Å². The van der Waals surface area contributed by atoms with Crippen LogP contribution in [0.4, 0.5) is 0 Å². The summed E-state index contributed by atoms with van der Waals surface area (Å²) in [6.45, 7) is 2.62. The Kier molecular flexibility index (Phi) is 6.21. The van der Waals surface area contributed by atoms with E-state index in [0.717, 1.165) is 11.1 Å². The van der Waals surface area contributed by atoms with Gasteiger partial charge in [0.25, 0.3) is 0 Å². The molecule has 0 aliphatic rings. The first-order chi connectivity index (χ1) is 14.7. The van der Waals surface area contributed by atoms with Gasteiger partial charge in [0, 0.05) is 12.6 Å². The molecule has 1 unspecified atom stereocenters. The van der Waals surface area contributed by atoms with Crippen LogP contribution in [0.25, 0.3) is 10.8 Å². The Labute approximate surface area is 177 Å². The molecule has 0 aliphatic carbocycles. The molecule has 0 heterocycles. The van der Waals surface area contributed by atoms with Gasteiger partial charge in [-0.05, 0) is 34.4 Å². The van der Waals surface area contributed by atoms with E-state index >= 15 is 0 Å². The van der Waals surface area contributed by atoms with Crippen LogP contribution in [-0.2, 0) is 11.3 Å². The molecule has 0 aliphatic heterocycles. The molecule has 2 atom stereocenters. The van der Waals surface area contributed by atoms with Gasteiger partial charge in [0.1, 0.15) is 6.04 Å². The largest absolute Gasteiger partial charge is 0.350 e. The molecule has 150 valence electrons. The van der Waals surface area contributed by atoms with E-state index < -0.39 is 6.04 Å². The van der Waals surface area contributed by atoms with E-state index in [-0.39, 0.29) is 11.9 Å². The normalized spacial score (nSPS) is 13.0. The fourth-order valence-electron chi connectivity index (χ4n) is 3.82. The third kappa shape index (κ3) is 4.58. The van der Waals surface area contributed by atoms with E-state index in [0.29, 0.717) is 6.54 Å². The van der Waals surface area contributed by atoms with E-state index in [1.54, 1.807) is 0 Å². The van der Waals surface area contributed by atoms with Crippen molar-refractivity contribution in [2.45, 2.75) is 25.6 Å². The second-order valence-electron chi connectivity index (χ2n) is 7.50. The Morgan fingerprint density at radius 2 is 1.40 bits per heavy atom. The fourth-order valence-corrected chi connectivity index (χ4v) is 3.82. The number of rotatable bonds is 7. The predicted molar refractivity (Wildman–Crippen MR) is 123 cm³/mol. The lowest BCUT2D eigenvalue weighted by Gasteiger charge is -2.24. The third-order valence-electron chi connectivity index (χ3n) is 5.41. The Hall–Kier alpha value is -3.43. The van der Waals surface area contributed by atoms with Crippen molar-refractivity contribution in [3.63, 3.8) is 0 Å². The number of carbonyl (C=O) groups excluding carboxylic acids is 1. The molecular formula is C27H26N2O. The van der Waals surface area contributed by atoms with Gasteiger partial charge in [0.2, 0.25) is 5.91 Å². The van der Waals surface area contributed by atoms with Gasteiger partial charge in [-0.25, -0.2) is 0 Å². The molecule has 2 N–H and O–H groups in total. The lowest BCUT2D eigenvalue weighted by Crippen LogP contribution is -2.38. The van der Waals surface area contributed by atoms with E-state index in [2.05, 4.69) is 54.0 Å². The van der Waals surface area contributed by atoms with Crippen molar-refractivity contribution in [2.75, 3.05) is 0 Å². The number of carbonyl (C=O) groups is 1. The maximum absolute atomic E-state index is 13.2. The van der Waals surface area contributed by atoms with Gasteiger partial charge < -0.3 is 5.32 Å². The van der Waals surface area contributed by atoms with Crippen LogP contribution < -0.4 is 10.6 Å². The molecule has 3 nitrogen and oxygen atoms in total. The predicted octanol–water partition coefficient (Wildman–Crippen LogP) is 5.55. The first-order valence-electron chi connectivity index (χ1n) is 10.3. The maximum Gasteiger partial charge on any atom is 0.242 e. The first-order valence-corrected chi connectivity index (χ1v) is 10.3. The van der Waals surface area contributed by atoms with E-state index in [9.17, 15) is 4.79 Å². The van der Waals surface area contributed by atoms with Crippen molar-refractivity contribution < 1.29 is 4.79 Å². The monoisotopic (exact) mass is 394 g/mol. The zero-order valence-electron chi connectivity index (χ0n) is 17.1. The summed E-state index contributed by atoms with van der Waals surface area (Å²) in [6.07, 6.45) is 0. The highest BCUT2D eigenvalue weighted by Crippen LogP contribution is 2.26. The molecule has 30 heavy (non-hydrogen) atoms. The topological polar surface area (TPSA) is 41.1 Å². The minimum Gasteiger partial charge on any atom is -0.350 e.